The summed E-state index contributed by atoms with van der Waals surface area (Å²) < 4.78 is 5.28. The average Bonchev–Trinajstić information content (AvgIpc) is 2.64. The molecule has 0 aliphatic heterocycles. The van der Waals surface area contributed by atoms with Crippen LogP contribution in [0.2, 0.25) is 0 Å². The Bertz CT molecular complexity index is 1010. The maximum absolute atomic E-state index is 12.4. The predicted molar refractivity (Wildman–Crippen MR) is 104 cm³/mol. The molecule has 1 aromatic heterocycles. The molecular formula is C19H23N3O7. The fraction of sp³-hybridized carbons (Fsp3) is 0.368. The van der Waals surface area contributed by atoms with Crippen molar-refractivity contribution in [3.8, 4) is 5.75 Å². The van der Waals surface area contributed by atoms with Crippen LogP contribution >= 0.6 is 0 Å². The van der Waals surface area contributed by atoms with E-state index in [0.29, 0.717) is 22.9 Å². The molecule has 2 rings (SSSR count). The van der Waals surface area contributed by atoms with Crippen LogP contribution in [0.4, 0.5) is 4.79 Å². The molecule has 3 amide bonds. The zero-order chi connectivity index (χ0) is 21.7. The van der Waals surface area contributed by atoms with E-state index in [1.807, 2.05) is 0 Å². The Labute approximate surface area is 165 Å². The van der Waals surface area contributed by atoms with Gasteiger partial charge in [0.2, 0.25) is 5.91 Å². The molecular weight excluding hydrogens is 382 g/mol. The van der Waals surface area contributed by atoms with Gasteiger partial charge in [-0.15, -0.1) is 0 Å². The third-order valence-corrected chi connectivity index (χ3v) is 4.61. The summed E-state index contributed by atoms with van der Waals surface area (Å²) in [5.41, 5.74) is 5.49. The fourth-order valence-corrected chi connectivity index (χ4v) is 2.96. The number of benzene rings is 1. The second-order valence-corrected chi connectivity index (χ2v) is 6.65. The molecule has 2 aromatic rings. The second kappa shape index (κ2) is 9.09. The van der Waals surface area contributed by atoms with Crippen molar-refractivity contribution < 1.29 is 29.0 Å². The van der Waals surface area contributed by atoms with Crippen LogP contribution in [0, 0.1) is 13.8 Å². The van der Waals surface area contributed by atoms with Crippen LogP contribution in [0.15, 0.2) is 21.3 Å². The number of carbonyl (C=O) groups is 3. The van der Waals surface area contributed by atoms with Gasteiger partial charge in [-0.05, 0) is 44.4 Å². The van der Waals surface area contributed by atoms with E-state index in [2.05, 4.69) is 10.6 Å². The topological polar surface area (TPSA) is 172 Å². The molecule has 1 unspecified atom stereocenters. The number of nitrogens with one attached hydrogen (secondary N) is 2. The molecule has 10 heteroatoms. The molecule has 10 nitrogen and oxygen atoms in total. The summed E-state index contributed by atoms with van der Waals surface area (Å²) in [5.74, 6) is -1.89. The molecule has 0 bridgehead atoms. The van der Waals surface area contributed by atoms with Gasteiger partial charge in [0.15, 0.2) is 0 Å². The number of carbonyl (C=O) groups excluding carboxylic acids is 2. The minimum absolute atomic E-state index is 0.0133. The highest BCUT2D eigenvalue weighted by Crippen LogP contribution is 2.28. The molecule has 1 atom stereocenters. The Morgan fingerprint density at radius 1 is 1.21 bits per heavy atom. The van der Waals surface area contributed by atoms with E-state index >= 15 is 0 Å². The van der Waals surface area contributed by atoms with E-state index in [1.165, 1.54) is 6.07 Å². The van der Waals surface area contributed by atoms with Crippen molar-refractivity contribution in [2.24, 2.45) is 5.73 Å². The third-order valence-electron chi connectivity index (χ3n) is 4.61. The average molecular weight is 405 g/mol. The number of aromatic hydroxyl groups is 1. The summed E-state index contributed by atoms with van der Waals surface area (Å²) in [6, 6.07) is 1.16. The number of carboxylic acids is 1. The summed E-state index contributed by atoms with van der Waals surface area (Å²) in [4.78, 5) is 46.7. The molecule has 0 radical (unpaired) electrons. The zero-order valence-corrected chi connectivity index (χ0v) is 16.1. The number of rotatable bonds is 8. The summed E-state index contributed by atoms with van der Waals surface area (Å²) in [5, 5.41) is 24.3. The second-order valence-electron chi connectivity index (χ2n) is 6.65. The van der Waals surface area contributed by atoms with Gasteiger partial charge in [0, 0.05) is 17.5 Å². The van der Waals surface area contributed by atoms with Crippen LogP contribution in [-0.2, 0) is 16.0 Å². The lowest BCUT2D eigenvalue weighted by atomic mass is 10.0. The molecule has 0 saturated carbocycles. The summed E-state index contributed by atoms with van der Waals surface area (Å²) in [6.45, 7) is 3.44. The van der Waals surface area contributed by atoms with Crippen molar-refractivity contribution in [3.05, 3.63) is 39.2 Å². The normalized spacial score (nSPS) is 11.8. The molecule has 1 aromatic carbocycles. The highest BCUT2D eigenvalue weighted by molar-refractivity contribution is 5.88. The lowest BCUT2D eigenvalue weighted by molar-refractivity contribution is -0.141. The van der Waals surface area contributed by atoms with Crippen LogP contribution in [-0.4, -0.2) is 40.7 Å². The van der Waals surface area contributed by atoms with Crippen LogP contribution in [0.3, 0.4) is 0 Å². The quantitative estimate of drug-likeness (QED) is 0.317. The number of primary amides is 1. The van der Waals surface area contributed by atoms with E-state index < -0.39 is 29.6 Å². The zero-order valence-electron chi connectivity index (χ0n) is 16.1. The van der Waals surface area contributed by atoms with Crippen molar-refractivity contribution in [1.29, 1.82) is 0 Å². The first-order valence-electron chi connectivity index (χ1n) is 8.92. The maximum Gasteiger partial charge on any atom is 0.340 e. The van der Waals surface area contributed by atoms with Gasteiger partial charge in [0.25, 0.3) is 0 Å². The molecule has 1 heterocycles. The first-order chi connectivity index (χ1) is 13.6. The number of phenols is 1. The molecule has 6 N–H and O–H groups in total. The van der Waals surface area contributed by atoms with E-state index in [1.54, 1.807) is 19.9 Å². The molecule has 0 fully saturated rings. The number of hydrogen-bond donors (Lipinski definition) is 5. The Hall–Kier alpha value is -3.56. The van der Waals surface area contributed by atoms with Crippen molar-refractivity contribution in [2.75, 3.05) is 6.54 Å². The van der Waals surface area contributed by atoms with Gasteiger partial charge in [-0.1, -0.05) is 0 Å². The minimum Gasteiger partial charge on any atom is -0.508 e. The standard InChI is InChI=1S/C19H23N3O7/c1-9-11-5-6-14(23)10(2)16(11)29-18(27)12(9)8-15(24)22-13(17(25)26)4-3-7-21-19(20)28/h5-6,13,23H,3-4,7-8H2,1-2H3,(H,22,24)(H,25,26)(H3,20,21,28). The molecule has 0 saturated heterocycles. The van der Waals surface area contributed by atoms with Crippen molar-refractivity contribution >= 4 is 28.9 Å². The van der Waals surface area contributed by atoms with Gasteiger partial charge in [-0.25, -0.2) is 14.4 Å². The number of urea groups is 1. The van der Waals surface area contributed by atoms with Gasteiger partial charge in [-0.3, -0.25) is 4.79 Å². The Morgan fingerprint density at radius 2 is 1.90 bits per heavy atom. The highest BCUT2D eigenvalue weighted by Gasteiger charge is 2.22. The first-order valence-corrected chi connectivity index (χ1v) is 8.92. The monoisotopic (exact) mass is 405 g/mol. The number of nitrogens with two attached hydrogens (primary N) is 1. The van der Waals surface area contributed by atoms with Crippen LogP contribution in [0.25, 0.3) is 11.0 Å². The van der Waals surface area contributed by atoms with Crippen LogP contribution in [0.5, 0.6) is 5.75 Å². The molecule has 29 heavy (non-hydrogen) atoms. The number of phenolic OH excluding ortho intramolecular Hbond substituents is 1. The number of hydrogen-bond acceptors (Lipinski definition) is 6. The molecule has 0 spiro atoms. The fourth-order valence-electron chi connectivity index (χ4n) is 2.96. The summed E-state index contributed by atoms with van der Waals surface area (Å²) in [7, 11) is 0. The van der Waals surface area contributed by atoms with Gasteiger partial charge < -0.3 is 31.0 Å². The number of aryl methyl sites for hydroxylation is 2. The van der Waals surface area contributed by atoms with E-state index in [0.717, 1.165) is 0 Å². The molecule has 0 aliphatic rings. The first kappa shape index (κ1) is 21.7. The number of aliphatic carboxylic acids is 1. The Kier molecular flexibility index (Phi) is 6.81. The number of amides is 3. The SMILES string of the molecule is Cc1c(CC(=O)NC(CCCNC(N)=O)C(=O)O)c(=O)oc2c(C)c(O)ccc12. The van der Waals surface area contributed by atoms with Crippen LogP contribution in [0.1, 0.15) is 29.5 Å². The van der Waals surface area contributed by atoms with Crippen molar-refractivity contribution in [2.45, 2.75) is 39.2 Å². The lowest BCUT2D eigenvalue weighted by Gasteiger charge is -2.15. The van der Waals surface area contributed by atoms with Crippen molar-refractivity contribution in [1.82, 2.24) is 10.6 Å². The Balaban J connectivity index is 2.16. The van der Waals surface area contributed by atoms with Crippen LogP contribution < -0.4 is 22.0 Å². The summed E-state index contributed by atoms with van der Waals surface area (Å²) in [6.07, 6.45) is 0.0125. The lowest BCUT2D eigenvalue weighted by Crippen LogP contribution is -2.42. The molecule has 0 aliphatic carbocycles. The smallest absolute Gasteiger partial charge is 0.340 e. The maximum atomic E-state index is 12.4. The van der Waals surface area contributed by atoms with Crippen molar-refractivity contribution in [3.63, 3.8) is 0 Å². The van der Waals surface area contributed by atoms with E-state index in [-0.39, 0.29) is 36.3 Å². The largest absolute Gasteiger partial charge is 0.508 e. The van der Waals surface area contributed by atoms with Gasteiger partial charge in [0.1, 0.15) is 17.4 Å². The van der Waals surface area contributed by atoms with E-state index in [9.17, 15) is 29.4 Å². The Morgan fingerprint density at radius 3 is 2.52 bits per heavy atom. The number of fused-ring (bicyclic) bond motifs is 1. The third kappa shape index (κ3) is 5.24. The minimum atomic E-state index is -1.23. The van der Waals surface area contributed by atoms with Gasteiger partial charge in [0.05, 0.1) is 12.0 Å². The number of carboxylic acid groups (broad SMARTS) is 1. The summed E-state index contributed by atoms with van der Waals surface area (Å²) >= 11 is 0. The van der Waals surface area contributed by atoms with E-state index in [4.69, 9.17) is 10.2 Å². The van der Waals surface area contributed by atoms with Gasteiger partial charge >= 0.3 is 17.6 Å². The highest BCUT2D eigenvalue weighted by atomic mass is 16.4. The van der Waals surface area contributed by atoms with Gasteiger partial charge in [-0.2, -0.15) is 0 Å². The predicted octanol–water partition coefficient (Wildman–Crippen LogP) is 0.676. The molecule has 156 valence electrons.